The SMILES string of the molecule is CCn1c(C(C#N)=Cc2ccccc2C)nc2ccccc21. The number of fused-ring (bicyclic) bond motifs is 1. The van der Waals surface area contributed by atoms with E-state index in [-0.39, 0.29) is 0 Å². The van der Waals surface area contributed by atoms with Crippen molar-refractivity contribution in [2.24, 2.45) is 0 Å². The summed E-state index contributed by atoms with van der Waals surface area (Å²) in [6.07, 6.45) is 1.92. The van der Waals surface area contributed by atoms with Crippen molar-refractivity contribution in [3.8, 4) is 6.07 Å². The molecule has 0 amide bonds. The first-order chi connectivity index (χ1) is 10.7. The first-order valence-corrected chi connectivity index (χ1v) is 7.37. The first kappa shape index (κ1) is 14.1. The highest BCUT2D eigenvalue weighted by atomic mass is 15.1. The smallest absolute Gasteiger partial charge is 0.151 e. The second-order valence-electron chi connectivity index (χ2n) is 5.19. The van der Waals surface area contributed by atoms with Crippen LogP contribution in [-0.2, 0) is 6.54 Å². The van der Waals surface area contributed by atoms with Crippen LogP contribution in [0.2, 0.25) is 0 Å². The molecule has 3 rings (SSSR count). The third-order valence-corrected chi connectivity index (χ3v) is 3.82. The van der Waals surface area contributed by atoms with Crippen LogP contribution in [0.3, 0.4) is 0 Å². The van der Waals surface area contributed by atoms with Crippen LogP contribution in [-0.4, -0.2) is 9.55 Å². The van der Waals surface area contributed by atoms with Crippen LogP contribution in [0.5, 0.6) is 0 Å². The molecule has 2 aromatic carbocycles. The fourth-order valence-corrected chi connectivity index (χ4v) is 2.65. The van der Waals surface area contributed by atoms with Gasteiger partial charge in [-0.15, -0.1) is 0 Å². The summed E-state index contributed by atoms with van der Waals surface area (Å²) in [6.45, 7) is 4.90. The molecule has 1 aromatic heterocycles. The molecule has 3 aromatic rings. The van der Waals surface area contributed by atoms with Crippen molar-refractivity contribution in [2.45, 2.75) is 20.4 Å². The van der Waals surface area contributed by atoms with E-state index < -0.39 is 0 Å². The normalized spacial score (nSPS) is 11.6. The van der Waals surface area contributed by atoms with E-state index in [0.717, 1.165) is 34.5 Å². The van der Waals surface area contributed by atoms with Crippen LogP contribution in [0.25, 0.3) is 22.7 Å². The third-order valence-electron chi connectivity index (χ3n) is 3.82. The second-order valence-corrected chi connectivity index (χ2v) is 5.19. The van der Waals surface area contributed by atoms with E-state index in [9.17, 15) is 5.26 Å². The summed E-state index contributed by atoms with van der Waals surface area (Å²) in [5, 5.41) is 9.61. The van der Waals surface area contributed by atoms with Crippen molar-refractivity contribution in [1.82, 2.24) is 9.55 Å². The number of aromatic nitrogens is 2. The number of allylic oxidation sites excluding steroid dienone is 1. The van der Waals surface area contributed by atoms with E-state index in [1.807, 2.05) is 61.5 Å². The Kier molecular flexibility index (Phi) is 3.76. The molecule has 1 heterocycles. The molecule has 0 atom stereocenters. The molecule has 0 aliphatic carbocycles. The van der Waals surface area contributed by atoms with Gasteiger partial charge in [-0.3, -0.25) is 0 Å². The Balaban J connectivity index is 2.20. The van der Waals surface area contributed by atoms with Crippen LogP contribution < -0.4 is 0 Å². The average Bonchev–Trinajstić information content (AvgIpc) is 2.92. The predicted octanol–water partition coefficient (Wildman–Crippen LogP) is 4.43. The van der Waals surface area contributed by atoms with E-state index in [1.165, 1.54) is 0 Å². The van der Waals surface area contributed by atoms with Crippen LogP contribution in [0.1, 0.15) is 23.9 Å². The van der Waals surface area contributed by atoms with Gasteiger partial charge in [-0.1, -0.05) is 36.4 Å². The van der Waals surface area contributed by atoms with E-state index in [0.29, 0.717) is 5.57 Å². The van der Waals surface area contributed by atoms with Crippen molar-refractivity contribution in [3.05, 3.63) is 65.5 Å². The minimum Gasteiger partial charge on any atom is -0.324 e. The molecule has 0 fully saturated rings. The van der Waals surface area contributed by atoms with Crippen LogP contribution in [0.15, 0.2) is 48.5 Å². The van der Waals surface area contributed by atoms with Gasteiger partial charge in [0.1, 0.15) is 6.07 Å². The molecule has 3 heteroatoms. The largest absolute Gasteiger partial charge is 0.324 e. The number of imidazole rings is 1. The molecular weight excluding hydrogens is 270 g/mol. The fourth-order valence-electron chi connectivity index (χ4n) is 2.65. The van der Waals surface area contributed by atoms with Crippen LogP contribution in [0, 0.1) is 18.3 Å². The highest BCUT2D eigenvalue weighted by Crippen LogP contribution is 2.23. The lowest BCUT2D eigenvalue weighted by Gasteiger charge is -2.06. The second kappa shape index (κ2) is 5.87. The van der Waals surface area contributed by atoms with Crippen LogP contribution >= 0.6 is 0 Å². The molecule has 0 saturated heterocycles. The topological polar surface area (TPSA) is 41.6 Å². The van der Waals surface area contributed by atoms with Gasteiger partial charge in [0.15, 0.2) is 5.82 Å². The minimum atomic E-state index is 0.590. The summed E-state index contributed by atoms with van der Waals surface area (Å²) < 4.78 is 2.09. The molecule has 22 heavy (non-hydrogen) atoms. The van der Waals surface area contributed by atoms with Gasteiger partial charge in [-0.05, 0) is 43.2 Å². The Hall–Kier alpha value is -2.86. The number of para-hydroxylation sites is 2. The third kappa shape index (κ3) is 2.40. The first-order valence-electron chi connectivity index (χ1n) is 7.37. The molecule has 0 N–H and O–H groups in total. The van der Waals surface area contributed by atoms with Gasteiger partial charge < -0.3 is 4.57 Å². The number of nitrogens with zero attached hydrogens (tertiary/aromatic N) is 3. The zero-order chi connectivity index (χ0) is 15.5. The number of rotatable bonds is 3. The lowest BCUT2D eigenvalue weighted by molar-refractivity contribution is 0.775. The van der Waals surface area contributed by atoms with Crippen molar-refractivity contribution in [3.63, 3.8) is 0 Å². The molecule has 0 aliphatic rings. The number of hydrogen-bond acceptors (Lipinski definition) is 2. The molecule has 0 aliphatic heterocycles. The average molecular weight is 287 g/mol. The van der Waals surface area contributed by atoms with Gasteiger partial charge in [-0.2, -0.15) is 5.26 Å². The monoisotopic (exact) mass is 287 g/mol. The quantitative estimate of drug-likeness (QED) is 0.669. The fraction of sp³-hybridized carbons (Fsp3) is 0.158. The Morgan fingerprint density at radius 1 is 1.18 bits per heavy atom. The lowest BCUT2D eigenvalue weighted by atomic mass is 10.1. The highest BCUT2D eigenvalue weighted by Gasteiger charge is 2.13. The van der Waals surface area contributed by atoms with Gasteiger partial charge in [-0.25, -0.2) is 4.98 Å². The van der Waals surface area contributed by atoms with E-state index in [1.54, 1.807) is 0 Å². The van der Waals surface area contributed by atoms with E-state index >= 15 is 0 Å². The van der Waals surface area contributed by atoms with E-state index in [4.69, 9.17) is 0 Å². The summed E-state index contributed by atoms with van der Waals surface area (Å²) >= 11 is 0. The highest BCUT2D eigenvalue weighted by molar-refractivity contribution is 5.91. The van der Waals surface area contributed by atoms with Crippen molar-refractivity contribution < 1.29 is 0 Å². The summed E-state index contributed by atoms with van der Waals surface area (Å²) in [7, 11) is 0. The number of hydrogen-bond donors (Lipinski definition) is 0. The summed E-state index contributed by atoms with van der Waals surface area (Å²) in [4.78, 5) is 4.65. The number of aryl methyl sites for hydroxylation is 2. The molecule has 108 valence electrons. The van der Waals surface area contributed by atoms with Crippen molar-refractivity contribution in [1.29, 1.82) is 5.26 Å². The van der Waals surface area contributed by atoms with Crippen molar-refractivity contribution in [2.75, 3.05) is 0 Å². The zero-order valence-corrected chi connectivity index (χ0v) is 12.7. The maximum absolute atomic E-state index is 9.61. The Morgan fingerprint density at radius 2 is 1.91 bits per heavy atom. The summed E-state index contributed by atoms with van der Waals surface area (Å²) in [5.74, 6) is 0.731. The van der Waals surface area contributed by atoms with Gasteiger partial charge in [0.25, 0.3) is 0 Å². The van der Waals surface area contributed by atoms with Gasteiger partial charge in [0.2, 0.25) is 0 Å². The molecule has 0 spiro atoms. The van der Waals surface area contributed by atoms with Gasteiger partial charge in [0.05, 0.1) is 16.6 Å². The maximum Gasteiger partial charge on any atom is 0.151 e. The number of benzene rings is 2. The molecule has 0 radical (unpaired) electrons. The van der Waals surface area contributed by atoms with Crippen LogP contribution in [0.4, 0.5) is 0 Å². The van der Waals surface area contributed by atoms with E-state index in [2.05, 4.69) is 22.5 Å². The zero-order valence-electron chi connectivity index (χ0n) is 12.7. The number of nitriles is 1. The standard InChI is InChI=1S/C19H17N3/c1-3-22-18-11-7-6-10-17(18)21-19(22)16(13-20)12-15-9-5-4-8-14(15)2/h4-12H,3H2,1-2H3. The summed E-state index contributed by atoms with van der Waals surface area (Å²) in [6, 6.07) is 18.3. The minimum absolute atomic E-state index is 0.590. The molecule has 0 unspecified atom stereocenters. The molecule has 0 saturated carbocycles. The molecular formula is C19H17N3. The van der Waals surface area contributed by atoms with Gasteiger partial charge in [0, 0.05) is 6.54 Å². The Morgan fingerprint density at radius 3 is 2.64 bits per heavy atom. The Bertz CT molecular complexity index is 894. The summed E-state index contributed by atoms with van der Waals surface area (Å²) in [5.41, 5.74) is 4.77. The molecule has 3 nitrogen and oxygen atoms in total. The maximum atomic E-state index is 9.61. The van der Waals surface area contributed by atoms with Gasteiger partial charge >= 0.3 is 0 Å². The lowest BCUT2D eigenvalue weighted by Crippen LogP contribution is -2.00. The molecule has 0 bridgehead atoms. The predicted molar refractivity (Wildman–Crippen MR) is 90.1 cm³/mol. The van der Waals surface area contributed by atoms with Crippen molar-refractivity contribution >= 4 is 22.7 Å². The Labute approximate surface area is 130 Å².